The van der Waals surface area contributed by atoms with Crippen molar-refractivity contribution in [2.24, 2.45) is 0 Å². The Kier molecular flexibility index (Phi) is 7.88. The fraction of sp³-hybridized carbons (Fsp3) is 0.278. The minimum Gasteiger partial charge on any atom is -0.377 e. The molecule has 0 N–H and O–H groups in total. The Labute approximate surface area is 275 Å². The third-order valence-electron chi connectivity index (χ3n) is 8.61. The maximum Gasteiger partial charge on any atom is 0.239 e. The number of fused-ring (bicyclic) bond motifs is 2. The van der Waals surface area contributed by atoms with Crippen LogP contribution in [-0.2, 0) is 0 Å². The highest BCUT2D eigenvalue weighted by Gasteiger charge is 2.23. The summed E-state index contributed by atoms with van der Waals surface area (Å²) in [4.78, 5) is 39.3. The highest BCUT2D eigenvalue weighted by molar-refractivity contribution is 5.98. The molecule has 2 aromatic carbocycles. The smallest absolute Gasteiger partial charge is 0.239 e. The highest BCUT2D eigenvalue weighted by atomic mass is 15.4. The van der Waals surface area contributed by atoms with Crippen LogP contribution in [0.25, 0.3) is 21.8 Å². The van der Waals surface area contributed by atoms with Crippen molar-refractivity contribution in [3.05, 3.63) is 90.8 Å². The summed E-state index contributed by atoms with van der Waals surface area (Å²) in [6.45, 7) is 7.39. The molecule has 0 saturated carbocycles. The van der Waals surface area contributed by atoms with E-state index >= 15 is 0 Å². The van der Waals surface area contributed by atoms with Gasteiger partial charge < -0.3 is 19.6 Å². The van der Waals surface area contributed by atoms with E-state index in [4.69, 9.17) is 19.9 Å². The van der Waals surface area contributed by atoms with Crippen molar-refractivity contribution in [2.45, 2.75) is 13.8 Å². The molecule has 11 heteroatoms. The normalized spacial score (nSPS) is 13.3. The van der Waals surface area contributed by atoms with Gasteiger partial charge >= 0.3 is 0 Å². The molecule has 0 bridgehead atoms. The Morgan fingerprint density at radius 2 is 1.13 bits per heavy atom. The largest absolute Gasteiger partial charge is 0.377 e. The zero-order chi connectivity index (χ0) is 32.7. The van der Waals surface area contributed by atoms with E-state index in [2.05, 4.69) is 123 Å². The van der Waals surface area contributed by atoms with Gasteiger partial charge in [0.1, 0.15) is 6.33 Å². The van der Waals surface area contributed by atoms with Gasteiger partial charge in [-0.15, -0.1) is 0 Å². The molecule has 4 aromatic heterocycles. The topological polar surface area (TPSA) is 93.5 Å². The molecule has 0 aliphatic carbocycles. The molecule has 1 aliphatic rings. The van der Waals surface area contributed by atoms with E-state index in [0.29, 0.717) is 11.9 Å². The Morgan fingerprint density at radius 3 is 1.66 bits per heavy atom. The summed E-state index contributed by atoms with van der Waals surface area (Å²) in [6.07, 6.45) is 5.30. The van der Waals surface area contributed by atoms with Gasteiger partial charge in [0.05, 0.1) is 11.0 Å². The lowest BCUT2D eigenvalue weighted by atomic mass is 10.1. The van der Waals surface area contributed by atoms with Gasteiger partial charge in [-0.25, -0.2) is 9.97 Å². The van der Waals surface area contributed by atoms with Gasteiger partial charge in [0, 0.05) is 117 Å². The quantitative estimate of drug-likeness (QED) is 0.212. The molecule has 0 spiro atoms. The lowest BCUT2D eigenvalue weighted by molar-refractivity contribution is 0.638. The van der Waals surface area contributed by atoms with E-state index in [9.17, 15) is 0 Å². The van der Waals surface area contributed by atoms with Crippen LogP contribution in [0, 0.1) is 13.8 Å². The molecule has 5 heterocycles. The van der Waals surface area contributed by atoms with Crippen molar-refractivity contribution in [1.82, 2.24) is 29.9 Å². The molecule has 47 heavy (non-hydrogen) atoms. The van der Waals surface area contributed by atoms with Crippen molar-refractivity contribution in [3.8, 4) is 0 Å². The summed E-state index contributed by atoms with van der Waals surface area (Å²) in [6, 6.07) is 21.1. The number of hydrogen-bond acceptors (Lipinski definition) is 11. The van der Waals surface area contributed by atoms with Crippen LogP contribution in [0.3, 0.4) is 0 Å². The standard InChI is InChI=1S/C36H39N11/c1-24-19-33(43(3)4)29-21-27(7-9-31(29)40-24)47(28-8-10-32-30(22-28)34(44(5)6)20-25(2)41-32)36-39-23-38-35(42-36)46-17-15-45(16-18-46)26-11-13-37-14-12-26/h7-14,19-23H,15-18H2,1-6H3. The molecule has 0 unspecified atom stereocenters. The molecule has 238 valence electrons. The first kappa shape index (κ1) is 30.1. The number of aromatic nitrogens is 6. The Bertz CT molecular complexity index is 1960. The van der Waals surface area contributed by atoms with E-state index in [0.717, 1.165) is 82.1 Å². The van der Waals surface area contributed by atoms with Crippen LogP contribution in [0.2, 0.25) is 0 Å². The number of rotatable bonds is 7. The molecule has 7 rings (SSSR count). The number of aryl methyl sites for hydroxylation is 2. The average molecular weight is 626 g/mol. The SMILES string of the molecule is Cc1cc(N(C)C)c2cc(N(c3ccc4nc(C)cc(N(C)C)c4c3)c3ncnc(N4CCN(c5ccncc5)CC4)n3)ccc2n1. The summed E-state index contributed by atoms with van der Waals surface area (Å²) in [5.74, 6) is 1.21. The first-order valence-corrected chi connectivity index (χ1v) is 15.8. The third-order valence-corrected chi connectivity index (χ3v) is 8.61. The van der Waals surface area contributed by atoms with E-state index < -0.39 is 0 Å². The van der Waals surface area contributed by atoms with Crippen LogP contribution in [0.5, 0.6) is 0 Å². The van der Waals surface area contributed by atoms with Crippen LogP contribution < -0.4 is 24.5 Å². The average Bonchev–Trinajstić information content (AvgIpc) is 3.08. The van der Waals surface area contributed by atoms with Crippen LogP contribution in [0.15, 0.2) is 79.4 Å². The summed E-state index contributed by atoms with van der Waals surface area (Å²) in [7, 11) is 8.25. The van der Waals surface area contributed by atoms with Gasteiger partial charge in [0.2, 0.25) is 11.9 Å². The number of benzene rings is 2. The number of pyridine rings is 3. The third kappa shape index (κ3) is 5.92. The molecular formula is C36H39N11. The predicted octanol–water partition coefficient (Wildman–Crippen LogP) is 5.91. The number of nitrogens with zero attached hydrogens (tertiary/aromatic N) is 11. The molecule has 0 radical (unpaired) electrons. The highest BCUT2D eigenvalue weighted by Crippen LogP contribution is 2.39. The number of hydrogen-bond donors (Lipinski definition) is 0. The second-order valence-corrected chi connectivity index (χ2v) is 12.4. The first-order chi connectivity index (χ1) is 22.7. The van der Waals surface area contributed by atoms with Crippen LogP contribution in [0.4, 0.5) is 40.3 Å². The summed E-state index contributed by atoms with van der Waals surface area (Å²) >= 11 is 0. The Morgan fingerprint density at radius 1 is 0.596 bits per heavy atom. The molecule has 1 aliphatic heterocycles. The zero-order valence-electron chi connectivity index (χ0n) is 27.8. The van der Waals surface area contributed by atoms with Crippen molar-refractivity contribution < 1.29 is 0 Å². The molecule has 11 nitrogen and oxygen atoms in total. The summed E-state index contributed by atoms with van der Waals surface area (Å²) < 4.78 is 0. The molecule has 0 amide bonds. The predicted molar refractivity (Wildman–Crippen MR) is 192 cm³/mol. The molecular weight excluding hydrogens is 586 g/mol. The maximum absolute atomic E-state index is 5.10. The Hall–Kier alpha value is -5.58. The van der Waals surface area contributed by atoms with Gasteiger partial charge in [0.25, 0.3) is 0 Å². The molecule has 0 atom stereocenters. The molecule has 1 saturated heterocycles. The number of piperazine rings is 1. The lowest BCUT2D eigenvalue weighted by Crippen LogP contribution is -2.47. The molecule has 6 aromatic rings. The van der Waals surface area contributed by atoms with Gasteiger partial charge in [-0.1, -0.05) is 0 Å². The van der Waals surface area contributed by atoms with Gasteiger partial charge in [-0.3, -0.25) is 19.9 Å². The van der Waals surface area contributed by atoms with Crippen molar-refractivity contribution in [1.29, 1.82) is 0 Å². The van der Waals surface area contributed by atoms with Gasteiger partial charge in [-0.2, -0.15) is 4.98 Å². The van der Waals surface area contributed by atoms with Gasteiger partial charge in [0.15, 0.2) is 0 Å². The Balaban J connectivity index is 1.33. The van der Waals surface area contributed by atoms with Crippen LogP contribution in [-0.4, -0.2) is 84.3 Å². The van der Waals surface area contributed by atoms with Crippen molar-refractivity contribution in [2.75, 3.05) is 78.9 Å². The second kappa shape index (κ2) is 12.3. The van der Waals surface area contributed by atoms with E-state index in [1.807, 2.05) is 26.2 Å². The first-order valence-electron chi connectivity index (χ1n) is 15.8. The second-order valence-electron chi connectivity index (χ2n) is 12.4. The monoisotopic (exact) mass is 625 g/mol. The fourth-order valence-corrected chi connectivity index (χ4v) is 6.31. The van der Waals surface area contributed by atoms with E-state index in [1.54, 1.807) is 6.33 Å². The van der Waals surface area contributed by atoms with E-state index in [1.165, 1.54) is 5.69 Å². The zero-order valence-corrected chi connectivity index (χ0v) is 27.8. The fourth-order valence-electron chi connectivity index (χ4n) is 6.31. The van der Waals surface area contributed by atoms with Crippen molar-refractivity contribution >= 4 is 62.1 Å². The summed E-state index contributed by atoms with van der Waals surface area (Å²) in [5, 5.41) is 2.10. The van der Waals surface area contributed by atoms with Crippen LogP contribution in [0.1, 0.15) is 11.4 Å². The van der Waals surface area contributed by atoms with Crippen LogP contribution >= 0.6 is 0 Å². The minimum atomic E-state index is 0.545. The van der Waals surface area contributed by atoms with Gasteiger partial charge in [-0.05, 0) is 74.5 Å². The van der Waals surface area contributed by atoms with Crippen molar-refractivity contribution in [3.63, 3.8) is 0 Å². The summed E-state index contributed by atoms with van der Waals surface area (Å²) in [5.41, 5.74) is 9.07. The number of anilines is 7. The molecule has 1 fully saturated rings. The van der Waals surface area contributed by atoms with E-state index in [-0.39, 0.29) is 0 Å². The lowest BCUT2D eigenvalue weighted by Gasteiger charge is -2.36. The maximum atomic E-state index is 5.10. The minimum absolute atomic E-state index is 0.545.